The fourth-order valence-corrected chi connectivity index (χ4v) is 1.96. The molecule has 0 fully saturated rings. The first-order chi connectivity index (χ1) is 9.38. The summed E-state index contributed by atoms with van der Waals surface area (Å²) in [7, 11) is 1.74. The van der Waals surface area contributed by atoms with Crippen molar-refractivity contribution in [3.8, 4) is 0 Å². The first-order valence-corrected chi connectivity index (χ1v) is 6.33. The second-order valence-corrected chi connectivity index (χ2v) is 5.10. The number of aromatic nitrogens is 4. The van der Waals surface area contributed by atoms with Crippen LogP contribution in [-0.2, 0) is 11.8 Å². The van der Waals surface area contributed by atoms with E-state index >= 15 is 0 Å². The molecule has 8 heteroatoms. The number of anilines is 2. The summed E-state index contributed by atoms with van der Waals surface area (Å²) in [5.41, 5.74) is 6.40. The van der Waals surface area contributed by atoms with E-state index in [2.05, 4.69) is 20.4 Å². The molecule has 0 radical (unpaired) electrons. The highest BCUT2D eigenvalue weighted by atomic mass is 16.4. The van der Waals surface area contributed by atoms with E-state index < -0.39 is 12.0 Å². The lowest BCUT2D eigenvalue weighted by molar-refractivity contribution is -0.138. The molecule has 1 unspecified atom stereocenters. The van der Waals surface area contributed by atoms with Gasteiger partial charge in [0.2, 0.25) is 5.95 Å². The Balaban J connectivity index is 2.32. The number of hydrogen-bond donors (Lipinski definition) is 3. The molecule has 0 saturated heterocycles. The molecule has 0 aromatic carbocycles. The van der Waals surface area contributed by atoms with Gasteiger partial charge in [0.05, 0.1) is 11.6 Å². The van der Waals surface area contributed by atoms with Crippen molar-refractivity contribution in [2.75, 3.05) is 11.1 Å². The number of rotatable bonds is 5. The maximum Gasteiger partial charge on any atom is 0.326 e. The third-order valence-electron chi connectivity index (χ3n) is 2.93. The topological polar surface area (TPSA) is 119 Å². The number of carboxylic acid groups (broad SMARTS) is 1. The van der Waals surface area contributed by atoms with Crippen molar-refractivity contribution < 1.29 is 9.90 Å². The molecule has 8 nitrogen and oxygen atoms in total. The summed E-state index contributed by atoms with van der Waals surface area (Å²) in [5.74, 6) is -0.224. The average molecular weight is 278 g/mol. The number of aryl methyl sites for hydroxylation is 1. The predicted molar refractivity (Wildman–Crippen MR) is 75.2 cm³/mol. The number of nitrogens with two attached hydrogens (primary N) is 1. The van der Waals surface area contributed by atoms with Gasteiger partial charge in [-0.1, -0.05) is 13.8 Å². The number of fused-ring (bicyclic) bond motifs is 1. The van der Waals surface area contributed by atoms with Crippen molar-refractivity contribution in [2.45, 2.75) is 26.3 Å². The van der Waals surface area contributed by atoms with Crippen LogP contribution >= 0.6 is 0 Å². The summed E-state index contributed by atoms with van der Waals surface area (Å²) < 4.78 is 1.57. The molecule has 2 rings (SSSR count). The fourth-order valence-electron chi connectivity index (χ4n) is 1.96. The first-order valence-electron chi connectivity index (χ1n) is 6.33. The summed E-state index contributed by atoms with van der Waals surface area (Å²) in [6.45, 7) is 3.91. The Hall–Kier alpha value is -2.38. The molecular formula is C12H18N6O2. The van der Waals surface area contributed by atoms with Crippen LogP contribution in [0.5, 0.6) is 0 Å². The summed E-state index contributed by atoms with van der Waals surface area (Å²) >= 11 is 0. The predicted octanol–water partition coefficient (Wildman–Crippen LogP) is 0.857. The van der Waals surface area contributed by atoms with Crippen LogP contribution in [0.25, 0.3) is 11.0 Å². The maximum absolute atomic E-state index is 11.2. The number of carboxylic acids is 1. The molecule has 2 heterocycles. The molecule has 0 spiro atoms. The Morgan fingerprint density at radius 1 is 1.50 bits per heavy atom. The van der Waals surface area contributed by atoms with E-state index in [9.17, 15) is 9.90 Å². The second-order valence-electron chi connectivity index (χ2n) is 5.10. The number of nitrogens with one attached hydrogen (secondary N) is 1. The number of aliphatic carboxylic acids is 1. The van der Waals surface area contributed by atoms with E-state index in [-0.39, 0.29) is 17.7 Å². The van der Waals surface area contributed by atoms with Crippen molar-refractivity contribution in [1.82, 2.24) is 19.7 Å². The summed E-state index contributed by atoms with van der Waals surface area (Å²) in [5, 5.41) is 16.7. The van der Waals surface area contributed by atoms with Crippen LogP contribution < -0.4 is 11.1 Å². The van der Waals surface area contributed by atoms with Gasteiger partial charge in [-0.3, -0.25) is 4.68 Å². The number of nitrogens with zero attached hydrogens (tertiary/aromatic N) is 4. The lowest BCUT2D eigenvalue weighted by Crippen LogP contribution is -2.31. The molecule has 1 atom stereocenters. The third-order valence-corrected chi connectivity index (χ3v) is 2.93. The Labute approximate surface area is 116 Å². The van der Waals surface area contributed by atoms with E-state index in [1.807, 2.05) is 13.8 Å². The van der Waals surface area contributed by atoms with Crippen LogP contribution in [0.15, 0.2) is 6.20 Å². The highest BCUT2D eigenvalue weighted by Crippen LogP contribution is 2.19. The molecule has 4 N–H and O–H groups in total. The average Bonchev–Trinajstić information content (AvgIpc) is 2.70. The molecule has 0 aliphatic carbocycles. The zero-order valence-electron chi connectivity index (χ0n) is 11.7. The smallest absolute Gasteiger partial charge is 0.326 e. The molecule has 0 aliphatic rings. The van der Waals surface area contributed by atoms with Crippen LogP contribution in [0.4, 0.5) is 11.8 Å². The minimum atomic E-state index is -0.939. The monoisotopic (exact) mass is 278 g/mol. The van der Waals surface area contributed by atoms with E-state index in [0.717, 1.165) is 0 Å². The zero-order valence-corrected chi connectivity index (χ0v) is 11.7. The SMILES string of the molecule is CC(C)CC(Nc1nc(N)c2cnn(C)c2n1)C(=O)O. The number of nitrogen functional groups attached to an aromatic ring is 1. The molecule has 0 bridgehead atoms. The van der Waals surface area contributed by atoms with Crippen molar-refractivity contribution in [2.24, 2.45) is 13.0 Å². The number of carbonyl (C=O) groups is 1. The van der Waals surface area contributed by atoms with Gasteiger partial charge >= 0.3 is 5.97 Å². The zero-order chi connectivity index (χ0) is 14.9. The quantitative estimate of drug-likeness (QED) is 0.741. The Bertz CT molecular complexity index is 636. The minimum absolute atomic E-state index is 0.201. The highest BCUT2D eigenvalue weighted by Gasteiger charge is 2.20. The summed E-state index contributed by atoms with van der Waals surface area (Å²) in [6.07, 6.45) is 2.05. The normalized spacial score (nSPS) is 12.8. The Kier molecular flexibility index (Phi) is 3.73. The molecule has 108 valence electrons. The third kappa shape index (κ3) is 2.79. The van der Waals surface area contributed by atoms with Gasteiger partial charge in [-0.25, -0.2) is 4.79 Å². The molecule has 0 saturated carbocycles. The summed E-state index contributed by atoms with van der Waals surface area (Å²) in [6, 6.07) is -0.750. The van der Waals surface area contributed by atoms with Crippen molar-refractivity contribution in [3.63, 3.8) is 0 Å². The Morgan fingerprint density at radius 2 is 2.20 bits per heavy atom. The molecule has 20 heavy (non-hydrogen) atoms. The van der Waals surface area contributed by atoms with Crippen LogP contribution in [0.3, 0.4) is 0 Å². The van der Waals surface area contributed by atoms with E-state index in [1.165, 1.54) is 0 Å². The lowest BCUT2D eigenvalue weighted by atomic mass is 10.0. The summed E-state index contributed by atoms with van der Waals surface area (Å²) in [4.78, 5) is 19.6. The van der Waals surface area contributed by atoms with Crippen LogP contribution in [0, 0.1) is 5.92 Å². The Morgan fingerprint density at radius 3 is 2.80 bits per heavy atom. The van der Waals surface area contributed by atoms with E-state index in [1.54, 1.807) is 17.9 Å². The molecule has 0 aliphatic heterocycles. The second kappa shape index (κ2) is 5.32. The van der Waals surface area contributed by atoms with Crippen LogP contribution in [0.1, 0.15) is 20.3 Å². The highest BCUT2D eigenvalue weighted by molar-refractivity contribution is 5.86. The van der Waals surface area contributed by atoms with Gasteiger partial charge in [-0.05, 0) is 12.3 Å². The van der Waals surface area contributed by atoms with Gasteiger partial charge in [0.25, 0.3) is 0 Å². The van der Waals surface area contributed by atoms with Crippen LogP contribution in [-0.4, -0.2) is 36.9 Å². The van der Waals surface area contributed by atoms with Gasteiger partial charge in [0, 0.05) is 7.05 Å². The largest absolute Gasteiger partial charge is 0.480 e. The fraction of sp³-hybridized carbons (Fsp3) is 0.500. The van der Waals surface area contributed by atoms with Crippen molar-refractivity contribution in [1.29, 1.82) is 0 Å². The van der Waals surface area contributed by atoms with Gasteiger partial charge in [0.1, 0.15) is 11.9 Å². The lowest BCUT2D eigenvalue weighted by Gasteiger charge is -2.16. The van der Waals surface area contributed by atoms with Crippen molar-refractivity contribution >= 4 is 28.8 Å². The number of hydrogen-bond acceptors (Lipinski definition) is 6. The van der Waals surface area contributed by atoms with Crippen molar-refractivity contribution in [3.05, 3.63) is 6.20 Å². The maximum atomic E-state index is 11.2. The molecular weight excluding hydrogens is 260 g/mol. The first kappa shape index (κ1) is 14.0. The van der Waals surface area contributed by atoms with Gasteiger partial charge < -0.3 is 16.2 Å². The van der Waals surface area contributed by atoms with Gasteiger partial charge in [-0.2, -0.15) is 15.1 Å². The standard InChI is InChI=1S/C12H18N6O2/c1-6(2)4-8(11(19)20)15-12-16-9(13)7-5-14-18(3)10(7)17-12/h5-6,8H,4H2,1-3H3,(H,19,20)(H3,13,15,16,17). The molecule has 2 aromatic heterocycles. The minimum Gasteiger partial charge on any atom is -0.480 e. The molecule has 2 aromatic rings. The van der Waals surface area contributed by atoms with Gasteiger partial charge in [0.15, 0.2) is 5.65 Å². The van der Waals surface area contributed by atoms with E-state index in [4.69, 9.17) is 5.73 Å². The van der Waals surface area contributed by atoms with Gasteiger partial charge in [-0.15, -0.1) is 0 Å². The van der Waals surface area contributed by atoms with E-state index in [0.29, 0.717) is 17.5 Å². The molecule has 0 amide bonds. The van der Waals surface area contributed by atoms with Crippen LogP contribution in [0.2, 0.25) is 0 Å².